The normalized spacial score (nSPS) is 12.2. The van der Waals surface area contributed by atoms with E-state index >= 15 is 0 Å². The summed E-state index contributed by atoms with van der Waals surface area (Å²) in [6.45, 7) is 6.17. The Kier molecular flexibility index (Phi) is 48.9. The molecule has 4 aromatic rings. The van der Waals surface area contributed by atoms with E-state index in [1.54, 1.807) is 48.5 Å². The lowest BCUT2D eigenvalue weighted by atomic mass is 9.87. The van der Waals surface area contributed by atoms with Crippen molar-refractivity contribution in [2.24, 2.45) is 17.8 Å². The standard InChI is InChI=1S/C80H109F2N5O24.2H2/c1-57(9-3-5-33-83-76(95)54-107-46-42-103-38-8-12-66(90)53-106-45-43-104-39-35-85-74(93)32-31-72(80(100)101)87-75(94)50-60-15-25-69(26-16-60)111-71-29-20-64(82)21-30-71)73(92)52-61(58(2)88)10-4-6-34-84-77(96)55-109-48-44-105-40-36-86-78(97)56-108-47-41-102-37-7-11-65(89)22-17-62(79(98)99)51-67(91)49-59-13-23-68(24-14-59)110-70-27-18-63(81)19-28-70;;/h13-16,18-21,23-30,57,61-62,72H,3-12,17,22,31-56H2,1-2H3,(H,83,95)(H,84,96)(H,85,93)(H,86,97)(H,87,94)(H,98,99)(H,100,101);2*1H/t57?,61-,62-,72+;;/m1../s1. The second-order valence-corrected chi connectivity index (χ2v) is 26.3. The zero-order valence-electron chi connectivity index (χ0n) is 63.5. The SMILES string of the molecule is CC(=O)[C@H](CCCCNC(=O)COCCOCCNC(=O)COCCOCCCC(=O)CC[C@H](CC(=O)Cc1ccc(Oc2ccc(F)cc2)cc1)C(=O)O)CC(=O)C(C)CCCCNC(=O)COCCOCCCC(=O)COCCOCCNC(=O)CC[C@H](NC(=O)Cc1ccc(Oc2ccc(F)cc2)cc1)C(=O)O.[HH].[HH]. The third kappa shape index (κ3) is 46.8. The fourth-order valence-corrected chi connectivity index (χ4v) is 10.7. The maximum Gasteiger partial charge on any atom is 0.326 e. The molecule has 0 aliphatic heterocycles. The van der Waals surface area contributed by atoms with Gasteiger partial charge in [-0.25, -0.2) is 13.6 Å². The first-order valence-corrected chi connectivity index (χ1v) is 37.6. The highest BCUT2D eigenvalue weighted by atomic mass is 19.1. The van der Waals surface area contributed by atoms with Crippen LogP contribution in [0.25, 0.3) is 0 Å². The number of carboxylic acid groups (broad SMARTS) is 2. The van der Waals surface area contributed by atoms with Crippen LogP contribution >= 0.6 is 0 Å². The molecule has 4 rings (SSSR count). The summed E-state index contributed by atoms with van der Waals surface area (Å²) in [5, 5.41) is 32.6. The number of carbonyl (C=O) groups is 12. The molecule has 111 heavy (non-hydrogen) atoms. The first kappa shape index (κ1) is 94.0. The zero-order chi connectivity index (χ0) is 80.6. The molecule has 0 aromatic heterocycles. The highest BCUT2D eigenvalue weighted by molar-refractivity contribution is 5.89. The Morgan fingerprint density at radius 2 is 0.784 bits per heavy atom. The number of nitrogens with one attached hydrogen (secondary N) is 5. The van der Waals surface area contributed by atoms with Gasteiger partial charge in [-0.05, 0) is 142 Å². The van der Waals surface area contributed by atoms with Crippen molar-refractivity contribution in [3.8, 4) is 23.0 Å². The van der Waals surface area contributed by atoms with E-state index in [0.717, 1.165) is 0 Å². The number of ether oxygens (including phenoxy) is 10. The van der Waals surface area contributed by atoms with E-state index in [1.165, 1.54) is 55.5 Å². The number of hydrogen-bond donors (Lipinski definition) is 7. The molecule has 0 saturated heterocycles. The molecule has 7 N–H and O–H groups in total. The molecular weight excluding hydrogens is 1450 g/mol. The number of carboxylic acids is 2. The number of unbranched alkanes of at least 4 members (excludes halogenated alkanes) is 2. The fourth-order valence-electron chi connectivity index (χ4n) is 10.7. The van der Waals surface area contributed by atoms with Crippen molar-refractivity contribution < 1.29 is 127 Å². The van der Waals surface area contributed by atoms with Crippen LogP contribution in [0.2, 0.25) is 0 Å². The minimum absolute atomic E-state index is 0. The zero-order valence-corrected chi connectivity index (χ0v) is 63.5. The molecule has 0 aliphatic rings. The molecule has 0 saturated carbocycles. The predicted octanol–water partition coefficient (Wildman–Crippen LogP) is 8.05. The Morgan fingerprint density at radius 1 is 0.369 bits per heavy atom. The van der Waals surface area contributed by atoms with E-state index in [9.17, 15) is 76.5 Å². The lowest BCUT2D eigenvalue weighted by Crippen LogP contribution is -2.42. The van der Waals surface area contributed by atoms with Gasteiger partial charge in [-0.1, -0.05) is 44.0 Å². The quantitative estimate of drug-likeness (QED) is 0.0205. The minimum Gasteiger partial charge on any atom is -0.481 e. The van der Waals surface area contributed by atoms with E-state index in [2.05, 4.69) is 26.6 Å². The Morgan fingerprint density at radius 3 is 1.25 bits per heavy atom. The van der Waals surface area contributed by atoms with E-state index < -0.39 is 47.4 Å². The van der Waals surface area contributed by atoms with Gasteiger partial charge in [0.15, 0.2) is 5.78 Å². The molecule has 0 fully saturated rings. The van der Waals surface area contributed by atoms with Crippen LogP contribution < -0.4 is 36.1 Å². The summed E-state index contributed by atoms with van der Waals surface area (Å²) in [6.07, 6.45) is 4.61. The van der Waals surface area contributed by atoms with Crippen LogP contribution in [0.5, 0.6) is 23.0 Å². The molecule has 5 amide bonds. The fraction of sp³-hybridized carbons (Fsp3) is 0.550. The van der Waals surface area contributed by atoms with Crippen molar-refractivity contribution in [3.05, 3.63) is 120 Å². The van der Waals surface area contributed by atoms with E-state index in [0.29, 0.717) is 105 Å². The van der Waals surface area contributed by atoms with Crippen molar-refractivity contribution in [2.75, 3.05) is 132 Å². The highest BCUT2D eigenvalue weighted by Crippen LogP contribution is 2.25. The van der Waals surface area contributed by atoms with Crippen LogP contribution in [0.4, 0.5) is 8.78 Å². The summed E-state index contributed by atoms with van der Waals surface area (Å²) in [6, 6.07) is 23.0. The third-order valence-corrected chi connectivity index (χ3v) is 16.9. The monoisotopic (exact) mass is 1570 g/mol. The summed E-state index contributed by atoms with van der Waals surface area (Å²) >= 11 is 0. The Bertz CT molecular complexity index is 3460. The minimum atomic E-state index is -1.28. The van der Waals surface area contributed by atoms with Gasteiger partial charge in [0.05, 0.1) is 78.4 Å². The Labute approximate surface area is 649 Å². The number of ketones is 5. The van der Waals surface area contributed by atoms with Gasteiger partial charge >= 0.3 is 11.9 Å². The first-order chi connectivity index (χ1) is 53.5. The van der Waals surface area contributed by atoms with Crippen LogP contribution in [0.1, 0.15) is 131 Å². The molecule has 0 aliphatic carbocycles. The lowest BCUT2D eigenvalue weighted by Gasteiger charge is -2.16. The van der Waals surface area contributed by atoms with Gasteiger partial charge in [0.1, 0.15) is 90.2 Å². The van der Waals surface area contributed by atoms with Crippen LogP contribution in [-0.4, -0.2) is 219 Å². The molecule has 29 nitrogen and oxygen atoms in total. The van der Waals surface area contributed by atoms with Crippen LogP contribution in [-0.2, 0) is 108 Å². The molecule has 0 radical (unpaired) electrons. The van der Waals surface area contributed by atoms with E-state index in [-0.39, 0.29) is 238 Å². The Hall–Kier alpha value is -9.34. The summed E-state index contributed by atoms with van der Waals surface area (Å²) < 4.78 is 81.0. The largest absolute Gasteiger partial charge is 0.481 e. The predicted molar refractivity (Wildman–Crippen MR) is 404 cm³/mol. The number of amides is 5. The molecule has 0 heterocycles. The summed E-state index contributed by atoms with van der Waals surface area (Å²) in [5.74, 6) is -5.55. The summed E-state index contributed by atoms with van der Waals surface area (Å²) in [7, 11) is 0. The average Bonchev–Trinajstić information content (AvgIpc) is 0.854. The van der Waals surface area contributed by atoms with E-state index in [1.807, 2.05) is 6.92 Å². The van der Waals surface area contributed by atoms with Crippen LogP contribution in [0.15, 0.2) is 97.1 Å². The molecule has 1 unspecified atom stereocenters. The van der Waals surface area contributed by atoms with Gasteiger partial charge in [0.2, 0.25) is 29.5 Å². The second-order valence-electron chi connectivity index (χ2n) is 26.3. The van der Waals surface area contributed by atoms with Gasteiger partial charge in [-0.15, -0.1) is 0 Å². The number of benzene rings is 4. The van der Waals surface area contributed by atoms with Crippen molar-refractivity contribution in [2.45, 2.75) is 135 Å². The summed E-state index contributed by atoms with van der Waals surface area (Å²) in [5.41, 5.74) is 1.27. The van der Waals surface area contributed by atoms with Crippen molar-refractivity contribution >= 4 is 70.4 Å². The summed E-state index contributed by atoms with van der Waals surface area (Å²) in [4.78, 5) is 148. The topological polar surface area (TPSA) is 398 Å². The first-order valence-electron chi connectivity index (χ1n) is 37.6. The highest BCUT2D eigenvalue weighted by Gasteiger charge is 2.25. The van der Waals surface area contributed by atoms with Gasteiger partial charge < -0.3 is 84.2 Å². The van der Waals surface area contributed by atoms with Gasteiger partial charge in [0.25, 0.3) is 0 Å². The third-order valence-electron chi connectivity index (χ3n) is 16.9. The number of halogens is 2. The molecule has 616 valence electrons. The molecular formula is C80H113F2N5O24. The van der Waals surface area contributed by atoms with Crippen molar-refractivity contribution in [1.82, 2.24) is 26.6 Å². The van der Waals surface area contributed by atoms with Crippen LogP contribution in [0.3, 0.4) is 0 Å². The number of rotatable bonds is 67. The van der Waals surface area contributed by atoms with Crippen molar-refractivity contribution in [1.29, 1.82) is 0 Å². The molecule has 0 spiro atoms. The number of Topliss-reactive ketones (excluding diaryl/α,β-unsaturated/α-hetero) is 5. The molecule has 0 bridgehead atoms. The molecule has 31 heteroatoms. The number of aliphatic carboxylic acids is 2. The molecule has 4 atom stereocenters. The van der Waals surface area contributed by atoms with Crippen molar-refractivity contribution in [3.63, 3.8) is 0 Å². The number of carbonyl (C=O) groups excluding carboxylic acids is 10. The van der Waals surface area contributed by atoms with E-state index in [4.69, 9.17) is 47.4 Å². The lowest BCUT2D eigenvalue weighted by molar-refractivity contribution is -0.144. The van der Waals surface area contributed by atoms with Gasteiger partial charge in [-0.3, -0.25) is 52.7 Å². The smallest absolute Gasteiger partial charge is 0.326 e. The number of hydrogen-bond acceptors (Lipinski definition) is 22. The maximum absolute atomic E-state index is 13.2. The molecule has 4 aromatic carbocycles. The van der Waals surface area contributed by atoms with Gasteiger partial charge in [0, 0.05) is 99.0 Å². The second kappa shape index (κ2) is 57.7. The Balaban J connectivity index is 0.0000217. The van der Waals surface area contributed by atoms with Gasteiger partial charge in [-0.2, -0.15) is 0 Å². The van der Waals surface area contributed by atoms with Crippen LogP contribution in [0, 0.1) is 29.4 Å². The average molecular weight is 1570 g/mol. The maximum atomic E-state index is 13.2.